The maximum atomic E-state index is 11.9. The van der Waals surface area contributed by atoms with Crippen LogP contribution in [0, 0.1) is 0 Å². The average molecular weight is 326 g/mol. The fourth-order valence-electron chi connectivity index (χ4n) is 1.57. The van der Waals surface area contributed by atoms with Crippen LogP contribution in [-0.4, -0.2) is 15.2 Å². The van der Waals surface area contributed by atoms with Crippen molar-refractivity contribution in [3.8, 4) is 11.5 Å². The van der Waals surface area contributed by atoms with Crippen molar-refractivity contribution in [2.75, 3.05) is 0 Å². The Labute approximate surface area is 117 Å². The molecule has 2 aromatic rings. The Bertz CT molecular complexity index is 625. The number of halogens is 1. The minimum atomic E-state index is -0.661. The van der Waals surface area contributed by atoms with Crippen LogP contribution in [-0.2, 0) is 13.2 Å². The number of H-pyrrole nitrogens is 1. The van der Waals surface area contributed by atoms with E-state index in [4.69, 9.17) is 9.84 Å². The Morgan fingerprint density at radius 2 is 1.95 bits per heavy atom. The highest BCUT2D eigenvalue weighted by Gasteiger charge is 2.15. The summed E-state index contributed by atoms with van der Waals surface area (Å²) in [4.78, 5) is 14.5. The molecular formula is C13H12BrNO4. The van der Waals surface area contributed by atoms with Gasteiger partial charge in [-0.1, -0.05) is 30.3 Å². The van der Waals surface area contributed by atoms with Gasteiger partial charge in [0.1, 0.15) is 11.2 Å². The summed E-state index contributed by atoms with van der Waals surface area (Å²) in [7, 11) is 0. The molecule has 3 N–H and O–H groups in total. The van der Waals surface area contributed by atoms with E-state index >= 15 is 0 Å². The quantitative estimate of drug-likeness (QED) is 0.750. The van der Waals surface area contributed by atoms with Gasteiger partial charge in [-0.2, -0.15) is 0 Å². The lowest BCUT2D eigenvalue weighted by Gasteiger charge is -2.10. The van der Waals surface area contributed by atoms with Crippen molar-refractivity contribution in [2.24, 2.45) is 0 Å². The van der Waals surface area contributed by atoms with E-state index in [-0.39, 0.29) is 22.7 Å². The van der Waals surface area contributed by atoms with E-state index in [1.54, 1.807) is 0 Å². The molecule has 0 aliphatic carbocycles. The number of aliphatic hydroxyl groups is 1. The molecule has 0 saturated heterocycles. The van der Waals surface area contributed by atoms with Crippen molar-refractivity contribution < 1.29 is 14.9 Å². The molecule has 0 atom stereocenters. The van der Waals surface area contributed by atoms with Crippen molar-refractivity contribution >= 4 is 15.9 Å². The van der Waals surface area contributed by atoms with E-state index in [1.165, 1.54) is 0 Å². The van der Waals surface area contributed by atoms with Gasteiger partial charge in [0, 0.05) is 0 Å². The Morgan fingerprint density at radius 3 is 2.58 bits per heavy atom. The molecule has 0 amide bonds. The highest BCUT2D eigenvalue weighted by Crippen LogP contribution is 2.24. The molecule has 0 aliphatic rings. The number of aliphatic hydroxyl groups excluding tert-OH is 1. The lowest BCUT2D eigenvalue weighted by molar-refractivity contribution is 0.264. The Kier molecular flexibility index (Phi) is 4.24. The summed E-state index contributed by atoms with van der Waals surface area (Å²) < 4.78 is 5.69. The summed E-state index contributed by atoms with van der Waals surface area (Å²) in [5, 5.41) is 18.6. The van der Waals surface area contributed by atoms with Gasteiger partial charge in [-0.25, -0.2) is 0 Å². The minimum absolute atomic E-state index is 0.0152. The first-order chi connectivity index (χ1) is 9.13. The maximum Gasteiger partial charge on any atom is 0.266 e. The number of benzene rings is 1. The fourth-order valence-corrected chi connectivity index (χ4v) is 2.10. The van der Waals surface area contributed by atoms with Crippen LogP contribution < -0.4 is 10.2 Å². The summed E-state index contributed by atoms with van der Waals surface area (Å²) in [5.41, 5.74) is 0.286. The van der Waals surface area contributed by atoms with Crippen LogP contribution in [0.15, 0.2) is 39.7 Å². The number of rotatable bonds is 4. The molecule has 1 aromatic carbocycles. The SMILES string of the molecule is O=c1c(O)c(CO)[nH]c(Br)c1OCc1ccccc1. The van der Waals surface area contributed by atoms with Crippen LogP contribution >= 0.6 is 15.9 Å². The highest BCUT2D eigenvalue weighted by atomic mass is 79.9. The second-order valence-electron chi connectivity index (χ2n) is 3.86. The van der Waals surface area contributed by atoms with Crippen LogP contribution in [0.1, 0.15) is 11.3 Å². The van der Waals surface area contributed by atoms with E-state index in [1.807, 2.05) is 30.3 Å². The molecule has 5 nitrogen and oxygen atoms in total. The van der Waals surface area contributed by atoms with Gasteiger partial charge >= 0.3 is 0 Å². The summed E-state index contributed by atoms with van der Waals surface area (Å²) in [5.74, 6) is -0.549. The summed E-state index contributed by atoms with van der Waals surface area (Å²) in [6.07, 6.45) is 0. The standard InChI is InChI=1S/C13H12BrNO4/c14-13-12(11(18)10(17)9(6-16)15-13)19-7-8-4-2-1-3-5-8/h1-5,16-17H,6-7H2,(H,15,18). The van der Waals surface area contributed by atoms with Crippen molar-refractivity contribution in [3.05, 3.63) is 56.4 Å². The molecule has 6 heteroatoms. The van der Waals surface area contributed by atoms with E-state index in [2.05, 4.69) is 20.9 Å². The van der Waals surface area contributed by atoms with Crippen LogP contribution in [0.5, 0.6) is 11.5 Å². The summed E-state index contributed by atoms with van der Waals surface area (Å²) >= 11 is 3.14. The number of nitrogens with one attached hydrogen (secondary N) is 1. The largest absolute Gasteiger partial charge is 0.503 e. The van der Waals surface area contributed by atoms with Gasteiger partial charge in [0.25, 0.3) is 5.43 Å². The molecule has 0 saturated carbocycles. The number of pyridine rings is 1. The Hall–Kier alpha value is -1.79. The minimum Gasteiger partial charge on any atom is -0.503 e. The van der Waals surface area contributed by atoms with Gasteiger partial charge in [-0.15, -0.1) is 0 Å². The molecule has 2 rings (SSSR count). The Morgan fingerprint density at radius 1 is 1.26 bits per heavy atom. The zero-order valence-electron chi connectivity index (χ0n) is 9.89. The van der Waals surface area contributed by atoms with Gasteiger partial charge in [-0.3, -0.25) is 4.79 Å². The van der Waals surface area contributed by atoms with E-state index in [0.717, 1.165) is 5.56 Å². The number of hydrogen-bond acceptors (Lipinski definition) is 4. The van der Waals surface area contributed by atoms with Crippen molar-refractivity contribution in [1.82, 2.24) is 4.98 Å². The first-order valence-corrected chi connectivity index (χ1v) is 6.34. The Balaban J connectivity index is 2.26. The zero-order chi connectivity index (χ0) is 13.8. The van der Waals surface area contributed by atoms with Gasteiger partial charge in [0.05, 0.1) is 12.3 Å². The van der Waals surface area contributed by atoms with Gasteiger partial charge in [0.15, 0.2) is 5.75 Å². The molecule has 1 aromatic heterocycles. The van der Waals surface area contributed by atoms with Crippen molar-refractivity contribution in [1.29, 1.82) is 0 Å². The first kappa shape index (κ1) is 13.6. The molecule has 0 unspecified atom stereocenters. The maximum absolute atomic E-state index is 11.9. The number of hydrogen-bond donors (Lipinski definition) is 3. The third kappa shape index (κ3) is 2.97. The van der Waals surface area contributed by atoms with E-state index < -0.39 is 17.8 Å². The summed E-state index contributed by atoms with van der Waals surface area (Å²) in [6, 6.07) is 9.34. The third-order valence-corrected chi connectivity index (χ3v) is 3.11. The molecule has 0 spiro atoms. The number of ether oxygens (including phenoxy) is 1. The topological polar surface area (TPSA) is 82.5 Å². The molecule has 0 fully saturated rings. The molecule has 19 heavy (non-hydrogen) atoms. The normalized spacial score (nSPS) is 10.4. The lowest BCUT2D eigenvalue weighted by Crippen LogP contribution is -2.12. The number of aromatic amines is 1. The third-order valence-electron chi connectivity index (χ3n) is 2.55. The number of aromatic nitrogens is 1. The predicted molar refractivity (Wildman–Crippen MR) is 73.1 cm³/mol. The van der Waals surface area contributed by atoms with Gasteiger partial charge < -0.3 is 19.9 Å². The molecule has 100 valence electrons. The molecule has 1 heterocycles. The van der Waals surface area contributed by atoms with Crippen LogP contribution in [0.2, 0.25) is 0 Å². The predicted octanol–water partition coefficient (Wildman–Crippen LogP) is 1.91. The van der Waals surface area contributed by atoms with Gasteiger partial charge in [0.2, 0.25) is 5.75 Å². The van der Waals surface area contributed by atoms with Crippen molar-refractivity contribution in [3.63, 3.8) is 0 Å². The average Bonchev–Trinajstić information content (AvgIpc) is 2.44. The van der Waals surface area contributed by atoms with Crippen molar-refractivity contribution in [2.45, 2.75) is 13.2 Å². The van der Waals surface area contributed by atoms with E-state index in [9.17, 15) is 9.90 Å². The molecule has 0 aliphatic heterocycles. The fraction of sp³-hybridized carbons (Fsp3) is 0.154. The lowest BCUT2D eigenvalue weighted by atomic mass is 10.2. The van der Waals surface area contributed by atoms with Crippen LogP contribution in [0.4, 0.5) is 0 Å². The zero-order valence-corrected chi connectivity index (χ0v) is 11.5. The number of aromatic hydroxyl groups is 1. The highest BCUT2D eigenvalue weighted by molar-refractivity contribution is 9.10. The van der Waals surface area contributed by atoms with E-state index in [0.29, 0.717) is 0 Å². The van der Waals surface area contributed by atoms with Crippen LogP contribution in [0.25, 0.3) is 0 Å². The molecule has 0 bridgehead atoms. The summed E-state index contributed by atoms with van der Waals surface area (Å²) in [6.45, 7) is -0.251. The monoisotopic (exact) mass is 325 g/mol. The van der Waals surface area contributed by atoms with Crippen LogP contribution in [0.3, 0.4) is 0 Å². The molecule has 0 radical (unpaired) electrons. The first-order valence-electron chi connectivity index (χ1n) is 5.54. The smallest absolute Gasteiger partial charge is 0.266 e. The second kappa shape index (κ2) is 5.90. The van der Waals surface area contributed by atoms with Gasteiger partial charge in [-0.05, 0) is 21.5 Å². The molecular weight excluding hydrogens is 314 g/mol. The second-order valence-corrected chi connectivity index (χ2v) is 4.65.